The largest absolute Gasteiger partial charge is 0.393 e. The highest BCUT2D eigenvalue weighted by Gasteiger charge is 2.66. The molecule has 5 aliphatic rings. The minimum absolute atomic E-state index is 0.0147. The zero-order valence-electron chi connectivity index (χ0n) is 23.0. The third-order valence-electron chi connectivity index (χ3n) is 13.8. The van der Waals surface area contributed by atoms with Crippen LogP contribution in [0.25, 0.3) is 0 Å². The molecule has 9 atom stereocenters. The summed E-state index contributed by atoms with van der Waals surface area (Å²) >= 11 is 0. The maximum absolute atomic E-state index is 10.9. The molecule has 0 aliphatic heterocycles. The molecule has 188 valence electrons. The Bertz CT molecular complexity index is 855. The lowest BCUT2D eigenvalue weighted by Crippen LogP contribution is -2.61. The maximum Gasteiger partial charge on any atom is 0.0594 e. The molecule has 33 heavy (non-hydrogen) atoms. The first-order valence-corrected chi connectivity index (χ1v) is 14.2. The molecule has 3 saturated carbocycles. The minimum Gasteiger partial charge on any atom is -0.393 e. The summed E-state index contributed by atoms with van der Waals surface area (Å²) in [5, 5.41) is 21.6. The Morgan fingerprint density at radius 3 is 2.09 bits per heavy atom. The quantitative estimate of drug-likeness (QED) is 0.313. The second-order valence-corrected chi connectivity index (χ2v) is 15.3. The molecular weight excluding hydrogens is 405 g/mol. The van der Waals surface area contributed by atoms with Crippen molar-refractivity contribution in [3.05, 3.63) is 11.1 Å². The van der Waals surface area contributed by atoms with Crippen LogP contribution in [-0.4, -0.2) is 22.4 Å². The van der Waals surface area contributed by atoms with Crippen molar-refractivity contribution in [1.29, 1.82) is 0 Å². The molecule has 2 nitrogen and oxygen atoms in total. The van der Waals surface area contributed by atoms with Crippen LogP contribution in [0.4, 0.5) is 0 Å². The lowest BCUT2D eigenvalue weighted by atomic mass is 9.35. The average molecular weight is 458 g/mol. The fourth-order valence-electron chi connectivity index (χ4n) is 10.7. The Morgan fingerprint density at radius 1 is 0.758 bits per heavy atom. The van der Waals surface area contributed by atoms with Gasteiger partial charge in [0.2, 0.25) is 0 Å². The first-order valence-electron chi connectivity index (χ1n) is 14.2. The van der Waals surface area contributed by atoms with Crippen molar-refractivity contribution in [2.24, 2.45) is 44.3 Å². The van der Waals surface area contributed by atoms with Gasteiger partial charge in [0.15, 0.2) is 0 Å². The van der Waals surface area contributed by atoms with E-state index in [0.717, 1.165) is 12.8 Å². The normalized spacial score (nSPS) is 54.5. The second kappa shape index (κ2) is 7.12. The van der Waals surface area contributed by atoms with E-state index in [4.69, 9.17) is 0 Å². The van der Waals surface area contributed by atoms with E-state index in [0.29, 0.717) is 22.7 Å². The van der Waals surface area contributed by atoms with E-state index in [-0.39, 0.29) is 33.9 Å². The van der Waals surface area contributed by atoms with E-state index < -0.39 is 0 Å². The lowest BCUT2D eigenvalue weighted by Gasteiger charge is -2.70. The highest BCUT2D eigenvalue weighted by molar-refractivity contribution is 5.38. The molecule has 0 radical (unpaired) electrons. The molecule has 1 unspecified atom stereocenters. The SMILES string of the molecule is C[C@H](O)[C@]1(C)CC[C@]2(C)CC[C@]3(C)C4=C(CC[C@@]3(C)[C@@H]2C1)[C@@]1(C)C[13CH2][C@H](O)C(C)(C)C1CC4. The van der Waals surface area contributed by atoms with Crippen LogP contribution in [0.2, 0.25) is 0 Å². The van der Waals surface area contributed by atoms with E-state index >= 15 is 0 Å². The summed E-state index contributed by atoms with van der Waals surface area (Å²) in [7, 11) is 0. The molecule has 0 aromatic heterocycles. The predicted octanol–water partition coefficient (Wildman–Crippen LogP) is 7.67. The molecule has 0 amide bonds. The number of rotatable bonds is 1. The Morgan fingerprint density at radius 2 is 1.42 bits per heavy atom. The van der Waals surface area contributed by atoms with Gasteiger partial charge in [-0.1, -0.05) is 59.6 Å². The number of hydrogen-bond acceptors (Lipinski definition) is 2. The van der Waals surface area contributed by atoms with Crippen molar-refractivity contribution in [2.45, 2.75) is 138 Å². The number of aliphatic hydroxyl groups is 2. The van der Waals surface area contributed by atoms with Crippen molar-refractivity contribution >= 4 is 0 Å². The van der Waals surface area contributed by atoms with Gasteiger partial charge in [-0.05, 0) is 122 Å². The van der Waals surface area contributed by atoms with E-state index in [1.54, 1.807) is 0 Å². The summed E-state index contributed by atoms with van der Waals surface area (Å²) in [5.41, 5.74) is 5.04. The predicted molar refractivity (Wildman–Crippen MR) is 137 cm³/mol. The number of aliphatic hydroxyl groups excluding tert-OH is 2. The number of allylic oxidation sites excluding steroid dienone is 2. The van der Waals surface area contributed by atoms with Crippen molar-refractivity contribution in [3.8, 4) is 0 Å². The molecule has 0 heterocycles. The molecule has 3 fully saturated rings. The molecule has 0 bridgehead atoms. The van der Waals surface area contributed by atoms with Gasteiger partial charge in [-0.2, -0.15) is 0 Å². The molecule has 5 aliphatic carbocycles. The Labute approximate surface area is 204 Å². The van der Waals surface area contributed by atoms with Crippen LogP contribution in [0.15, 0.2) is 11.1 Å². The Kier molecular flexibility index (Phi) is 5.25. The second-order valence-electron chi connectivity index (χ2n) is 15.3. The van der Waals surface area contributed by atoms with Gasteiger partial charge in [0.05, 0.1) is 12.2 Å². The smallest absolute Gasteiger partial charge is 0.0594 e. The summed E-state index contributed by atoms with van der Waals surface area (Å²) in [6.45, 7) is 19.6. The average Bonchev–Trinajstić information content (AvgIpc) is 2.74. The molecular formula is C31H52O2. The summed E-state index contributed by atoms with van der Waals surface area (Å²) < 4.78 is 0. The zero-order valence-corrected chi connectivity index (χ0v) is 23.0. The van der Waals surface area contributed by atoms with Crippen LogP contribution < -0.4 is 0 Å². The molecule has 2 heteroatoms. The highest BCUT2D eigenvalue weighted by atomic mass is 16.3. The third kappa shape index (κ3) is 2.98. The Balaban J connectivity index is 1.58. The molecule has 5 rings (SSSR count). The minimum atomic E-state index is -0.220. The summed E-state index contributed by atoms with van der Waals surface area (Å²) in [6, 6.07) is 0. The first kappa shape index (κ1) is 24.4. The van der Waals surface area contributed by atoms with E-state index in [9.17, 15) is 10.2 Å². The van der Waals surface area contributed by atoms with Gasteiger partial charge in [-0.3, -0.25) is 0 Å². The van der Waals surface area contributed by atoms with Gasteiger partial charge in [0, 0.05) is 0 Å². The van der Waals surface area contributed by atoms with Gasteiger partial charge in [-0.25, -0.2) is 0 Å². The van der Waals surface area contributed by atoms with E-state index in [2.05, 4.69) is 48.5 Å². The zero-order chi connectivity index (χ0) is 24.2. The maximum atomic E-state index is 10.9. The van der Waals surface area contributed by atoms with Crippen molar-refractivity contribution in [3.63, 3.8) is 0 Å². The molecule has 0 spiro atoms. The van der Waals surface area contributed by atoms with Crippen LogP contribution in [0, 0.1) is 44.3 Å². The molecule has 0 aromatic carbocycles. The summed E-state index contributed by atoms with van der Waals surface area (Å²) in [5.74, 6) is 1.30. The number of hydrogen-bond donors (Lipinski definition) is 2. The van der Waals surface area contributed by atoms with Gasteiger partial charge in [0.1, 0.15) is 0 Å². The standard InChI is InChI=1S/C31H52O2/c1-20(32)28(5)16-15-27(4)17-18-30(7)22-9-10-23-26(2,3)25(33)12-13-29(23,6)21(22)11-14-31(30,8)24(27)19-28/h20,23-25,32-33H,9-19H2,1-8H3/t20-,23?,24+,25-,27+,28+,29+,30+,31-/m0/s1/i12+1. The lowest BCUT2D eigenvalue weighted by molar-refractivity contribution is -0.168. The fourth-order valence-corrected chi connectivity index (χ4v) is 10.7. The van der Waals surface area contributed by atoms with E-state index in [1.807, 2.05) is 18.1 Å². The van der Waals surface area contributed by atoms with Crippen molar-refractivity contribution in [2.75, 3.05) is 0 Å². The molecule has 0 aromatic rings. The topological polar surface area (TPSA) is 40.5 Å². The number of fused-ring (bicyclic) bond motifs is 6. The molecule has 2 N–H and O–H groups in total. The molecule has 0 saturated heterocycles. The van der Waals surface area contributed by atoms with Crippen molar-refractivity contribution in [1.82, 2.24) is 0 Å². The van der Waals surface area contributed by atoms with Gasteiger partial charge in [0.25, 0.3) is 0 Å². The van der Waals surface area contributed by atoms with Crippen molar-refractivity contribution < 1.29 is 10.2 Å². The first-order chi connectivity index (χ1) is 15.1. The van der Waals surface area contributed by atoms with Gasteiger partial charge < -0.3 is 10.2 Å². The van der Waals surface area contributed by atoms with E-state index in [1.165, 1.54) is 57.8 Å². The van der Waals surface area contributed by atoms with Crippen LogP contribution in [0.3, 0.4) is 0 Å². The van der Waals surface area contributed by atoms with Gasteiger partial charge >= 0.3 is 0 Å². The van der Waals surface area contributed by atoms with Crippen LogP contribution in [0.5, 0.6) is 0 Å². The van der Waals surface area contributed by atoms with Crippen LogP contribution >= 0.6 is 0 Å². The fraction of sp³-hybridized carbons (Fsp3) is 0.935. The highest BCUT2D eigenvalue weighted by Crippen LogP contribution is 2.75. The third-order valence-corrected chi connectivity index (χ3v) is 13.8. The Hall–Kier alpha value is -0.340. The van der Waals surface area contributed by atoms with Crippen LogP contribution in [0.1, 0.15) is 126 Å². The summed E-state index contributed by atoms with van der Waals surface area (Å²) in [6.07, 6.45) is 13.1. The van der Waals surface area contributed by atoms with Crippen LogP contribution in [-0.2, 0) is 0 Å². The monoisotopic (exact) mass is 457 g/mol. The van der Waals surface area contributed by atoms with Gasteiger partial charge in [-0.15, -0.1) is 0 Å². The summed E-state index contributed by atoms with van der Waals surface area (Å²) in [4.78, 5) is 0.